The van der Waals surface area contributed by atoms with Crippen LogP contribution in [0, 0.1) is 5.92 Å². The average molecular weight is 354 g/mol. The van der Waals surface area contributed by atoms with Gasteiger partial charge in [-0.3, -0.25) is 19.3 Å². The van der Waals surface area contributed by atoms with E-state index < -0.39 is 11.9 Å². The largest absolute Gasteiger partial charge is 0.481 e. The molecule has 0 aromatic carbocycles. The van der Waals surface area contributed by atoms with Gasteiger partial charge in [-0.05, 0) is 37.8 Å². The molecule has 2 aromatic rings. The molecular weight excluding hydrogens is 332 g/mol. The molecule has 7 nitrogen and oxygen atoms in total. The molecule has 0 bridgehead atoms. The van der Waals surface area contributed by atoms with Gasteiger partial charge in [0.15, 0.2) is 5.69 Å². The second-order valence-corrected chi connectivity index (χ2v) is 7.12. The number of hydrogen-bond donors (Lipinski definition) is 1. The lowest BCUT2D eigenvalue weighted by molar-refractivity contribution is -0.141. The molecule has 0 saturated carbocycles. The molecule has 7 heteroatoms. The Morgan fingerprint density at radius 3 is 2.73 bits per heavy atom. The third-order valence-electron chi connectivity index (χ3n) is 5.56. The predicted octanol–water partition coefficient (Wildman–Crippen LogP) is 1.63. The molecule has 2 aromatic heterocycles. The SMILES string of the molecule is Cn1nc(C(=O)N2CC(C(=O)O)C(c3ccccn3)C2)c2c1CCCC2. The van der Waals surface area contributed by atoms with Gasteiger partial charge >= 0.3 is 5.97 Å². The minimum Gasteiger partial charge on any atom is -0.481 e. The summed E-state index contributed by atoms with van der Waals surface area (Å²) in [6.07, 6.45) is 5.65. The van der Waals surface area contributed by atoms with Crippen molar-refractivity contribution < 1.29 is 14.7 Å². The van der Waals surface area contributed by atoms with Gasteiger partial charge in [0.25, 0.3) is 5.91 Å². The highest BCUT2D eigenvalue weighted by molar-refractivity contribution is 5.95. The Balaban J connectivity index is 1.63. The Morgan fingerprint density at radius 2 is 2.00 bits per heavy atom. The molecular formula is C19H22N4O3. The number of pyridine rings is 1. The Bertz CT molecular complexity index is 846. The second-order valence-electron chi connectivity index (χ2n) is 7.12. The molecule has 2 unspecified atom stereocenters. The summed E-state index contributed by atoms with van der Waals surface area (Å²) < 4.78 is 1.81. The fourth-order valence-electron chi connectivity index (χ4n) is 4.21. The number of nitrogens with zero attached hydrogens (tertiary/aromatic N) is 4. The predicted molar refractivity (Wildman–Crippen MR) is 93.9 cm³/mol. The van der Waals surface area contributed by atoms with E-state index >= 15 is 0 Å². The summed E-state index contributed by atoms with van der Waals surface area (Å²) in [5.74, 6) is -1.99. The normalized spacial score (nSPS) is 22.3. The zero-order valence-electron chi connectivity index (χ0n) is 14.8. The zero-order valence-corrected chi connectivity index (χ0v) is 14.8. The highest BCUT2D eigenvalue weighted by atomic mass is 16.4. The van der Waals surface area contributed by atoms with Gasteiger partial charge in [-0.15, -0.1) is 0 Å². The molecule has 4 rings (SSSR count). The summed E-state index contributed by atoms with van der Waals surface area (Å²) in [5.41, 5.74) is 3.39. The van der Waals surface area contributed by atoms with Gasteiger partial charge in [-0.25, -0.2) is 0 Å². The van der Waals surface area contributed by atoms with Crippen LogP contribution in [0.15, 0.2) is 24.4 Å². The fraction of sp³-hybridized carbons (Fsp3) is 0.474. The number of rotatable bonds is 3. The van der Waals surface area contributed by atoms with E-state index in [2.05, 4.69) is 10.1 Å². The van der Waals surface area contributed by atoms with E-state index in [0.29, 0.717) is 12.2 Å². The molecule has 1 aliphatic carbocycles. The Hall–Kier alpha value is -2.70. The van der Waals surface area contributed by atoms with Crippen LogP contribution in [0.25, 0.3) is 0 Å². The van der Waals surface area contributed by atoms with Gasteiger partial charge in [0.2, 0.25) is 0 Å². The number of carboxylic acid groups (broad SMARTS) is 1. The molecule has 2 aliphatic rings. The third kappa shape index (κ3) is 2.77. The summed E-state index contributed by atoms with van der Waals surface area (Å²) in [5, 5.41) is 14.1. The van der Waals surface area contributed by atoms with Gasteiger partial charge in [0.1, 0.15) is 0 Å². The average Bonchev–Trinajstić information content (AvgIpc) is 3.25. The van der Waals surface area contributed by atoms with E-state index in [-0.39, 0.29) is 18.4 Å². The Morgan fingerprint density at radius 1 is 1.19 bits per heavy atom. The smallest absolute Gasteiger partial charge is 0.309 e. The summed E-state index contributed by atoms with van der Waals surface area (Å²) in [7, 11) is 1.88. The van der Waals surface area contributed by atoms with Crippen molar-refractivity contribution in [1.29, 1.82) is 0 Å². The molecule has 26 heavy (non-hydrogen) atoms. The van der Waals surface area contributed by atoms with Crippen LogP contribution >= 0.6 is 0 Å². The molecule has 1 N–H and O–H groups in total. The zero-order chi connectivity index (χ0) is 18.3. The second kappa shape index (κ2) is 6.55. The first kappa shape index (κ1) is 16.8. The van der Waals surface area contributed by atoms with Crippen molar-refractivity contribution >= 4 is 11.9 Å². The van der Waals surface area contributed by atoms with Crippen molar-refractivity contribution in [2.45, 2.75) is 31.6 Å². The number of carbonyl (C=O) groups excluding carboxylic acids is 1. The van der Waals surface area contributed by atoms with E-state index in [1.807, 2.05) is 23.9 Å². The third-order valence-corrected chi connectivity index (χ3v) is 5.56. The molecule has 1 amide bonds. The number of carboxylic acids is 1. The lowest BCUT2D eigenvalue weighted by Gasteiger charge is -2.17. The van der Waals surface area contributed by atoms with Gasteiger partial charge in [-0.1, -0.05) is 6.07 Å². The van der Waals surface area contributed by atoms with Crippen LogP contribution in [0.1, 0.15) is 46.2 Å². The van der Waals surface area contributed by atoms with Crippen molar-refractivity contribution in [3.05, 3.63) is 47.0 Å². The minimum atomic E-state index is -0.890. The van der Waals surface area contributed by atoms with E-state index in [4.69, 9.17) is 0 Å². The first-order chi connectivity index (χ1) is 12.6. The first-order valence-electron chi connectivity index (χ1n) is 9.04. The van der Waals surface area contributed by atoms with E-state index in [1.165, 1.54) is 0 Å². The monoisotopic (exact) mass is 354 g/mol. The molecule has 1 aliphatic heterocycles. The van der Waals surface area contributed by atoms with E-state index in [9.17, 15) is 14.7 Å². The highest BCUT2D eigenvalue weighted by Gasteiger charge is 2.42. The maximum absolute atomic E-state index is 13.1. The number of carbonyl (C=O) groups is 2. The number of aromatic nitrogens is 3. The van der Waals surface area contributed by atoms with Gasteiger partial charge in [0, 0.05) is 49.2 Å². The van der Waals surface area contributed by atoms with Crippen LogP contribution in [0.3, 0.4) is 0 Å². The van der Waals surface area contributed by atoms with Crippen molar-refractivity contribution in [2.24, 2.45) is 13.0 Å². The highest BCUT2D eigenvalue weighted by Crippen LogP contribution is 2.33. The van der Waals surface area contributed by atoms with Crippen molar-refractivity contribution in [3.8, 4) is 0 Å². The van der Waals surface area contributed by atoms with Crippen LogP contribution in [0.4, 0.5) is 0 Å². The topological polar surface area (TPSA) is 88.3 Å². The van der Waals surface area contributed by atoms with Gasteiger partial charge < -0.3 is 10.0 Å². The van der Waals surface area contributed by atoms with Crippen LogP contribution in [0.5, 0.6) is 0 Å². The fourth-order valence-corrected chi connectivity index (χ4v) is 4.21. The Labute approximate surface area is 151 Å². The lowest BCUT2D eigenvalue weighted by Crippen LogP contribution is -2.31. The lowest BCUT2D eigenvalue weighted by atomic mass is 9.93. The summed E-state index contributed by atoms with van der Waals surface area (Å²) in [4.78, 5) is 30.8. The molecule has 1 saturated heterocycles. The molecule has 136 valence electrons. The number of aryl methyl sites for hydroxylation is 1. The number of hydrogen-bond acceptors (Lipinski definition) is 4. The molecule has 0 radical (unpaired) electrons. The number of aliphatic carboxylic acids is 1. The quantitative estimate of drug-likeness (QED) is 0.905. The molecule has 3 heterocycles. The number of amides is 1. The van der Waals surface area contributed by atoms with Gasteiger partial charge in [-0.2, -0.15) is 5.10 Å². The number of likely N-dealkylation sites (tertiary alicyclic amines) is 1. The number of fused-ring (bicyclic) bond motifs is 1. The van der Waals surface area contributed by atoms with Gasteiger partial charge in [0.05, 0.1) is 5.92 Å². The summed E-state index contributed by atoms with van der Waals surface area (Å²) in [6.45, 7) is 0.554. The van der Waals surface area contributed by atoms with E-state index in [1.54, 1.807) is 17.2 Å². The first-order valence-corrected chi connectivity index (χ1v) is 9.04. The van der Waals surface area contributed by atoms with Crippen molar-refractivity contribution in [2.75, 3.05) is 13.1 Å². The minimum absolute atomic E-state index is 0.159. The van der Waals surface area contributed by atoms with Crippen LogP contribution < -0.4 is 0 Å². The molecule has 0 spiro atoms. The summed E-state index contributed by atoms with van der Waals surface area (Å²) >= 11 is 0. The maximum atomic E-state index is 13.1. The van der Waals surface area contributed by atoms with Crippen molar-refractivity contribution in [3.63, 3.8) is 0 Å². The Kier molecular flexibility index (Phi) is 4.22. The standard InChI is InChI=1S/C19H22N4O3/c1-22-16-8-3-2-6-12(16)17(21-22)18(24)23-10-13(14(11-23)19(25)26)15-7-4-5-9-20-15/h4-5,7,9,13-14H,2-3,6,8,10-11H2,1H3,(H,25,26). The van der Waals surface area contributed by atoms with Crippen LogP contribution in [0.2, 0.25) is 0 Å². The van der Waals surface area contributed by atoms with Crippen LogP contribution in [-0.2, 0) is 24.7 Å². The van der Waals surface area contributed by atoms with Crippen LogP contribution in [-0.4, -0.2) is 49.7 Å². The molecule has 1 fully saturated rings. The molecule has 2 atom stereocenters. The summed E-state index contributed by atoms with van der Waals surface area (Å²) in [6, 6.07) is 5.48. The maximum Gasteiger partial charge on any atom is 0.309 e. The van der Waals surface area contributed by atoms with Crippen molar-refractivity contribution in [1.82, 2.24) is 19.7 Å². The van der Waals surface area contributed by atoms with E-state index in [0.717, 1.165) is 42.6 Å².